The summed E-state index contributed by atoms with van der Waals surface area (Å²) in [5, 5.41) is 4.89. The molecule has 4 rings (SSSR count). The van der Waals surface area contributed by atoms with E-state index in [1.807, 2.05) is 65.5 Å². The molecule has 3 aromatic rings. The molecule has 0 unspecified atom stereocenters. The maximum atomic E-state index is 13.4. The van der Waals surface area contributed by atoms with Crippen LogP contribution in [0.15, 0.2) is 64.1 Å². The predicted molar refractivity (Wildman–Crippen MR) is 156 cm³/mol. The lowest BCUT2D eigenvalue weighted by molar-refractivity contribution is -0.122. The van der Waals surface area contributed by atoms with E-state index in [0.29, 0.717) is 21.7 Å². The molecular weight excluding hydrogens is 554 g/mol. The van der Waals surface area contributed by atoms with E-state index in [9.17, 15) is 4.79 Å². The standard InChI is InChI=1S/C28H30BrN3O2S2/c1-4-6-10-19(5-2)17-31-27(33)25(36-28(31)35)16-21-18-32(22-11-8-7-9-12-22)30-26(21)20-13-14-24(34-3)23(29)15-20/h7-9,11-16,18-19H,4-6,10,17H2,1-3H3/b25-16-/t19-/m1/s1. The number of thioether (sulfide) groups is 1. The molecule has 8 heteroatoms. The van der Waals surface area contributed by atoms with Crippen molar-refractivity contribution in [3.05, 3.63) is 69.7 Å². The highest BCUT2D eigenvalue weighted by Crippen LogP contribution is 2.37. The second kappa shape index (κ2) is 12.2. The minimum atomic E-state index is -0.0192. The molecule has 0 radical (unpaired) electrons. The van der Waals surface area contributed by atoms with Crippen molar-refractivity contribution in [2.75, 3.05) is 13.7 Å². The summed E-state index contributed by atoms with van der Waals surface area (Å²) >= 11 is 10.6. The van der Waals surface area contributed by atoms with Crippen LogP contribution in [0.2, 0.25) is 0 Å². The van der Waals surface area contributed by atoms with Crippen LogP contribution in [0, 0.1) is 5.92 Å². The van der Waals surface area contributed by atoms with E-state index in [1.165, 1.54) is 18.2 Å². The van der Waals surface area contributed by atoms with E-state index < -0.39 is 0 Å². The number of unbranched alkanes of at least 4 members (excludes halogenated alkanes) is 1. The molecule has 1 aromatic heterocycles. The lowest BCUT2D eigenvalue weighted by Crippen LogP contribution is -2.33. The molecule has 1 aliphatic heterocycles. The van der Waals surface area contributed by atoms with Crippen LogP contribution in [-0.4, -0.2) is 38.6 Å². The second-order valence-electron chi connectivity index (χ2n) is 8.77. The van der Waals surface area contributed by atoms with Crippen molar-refractivity contribution in [3.63, 3.8) is 0 Å². The largest absolute Gasteiger partial charge is 0.496 e. The highest BCUT2D eigenvalue weighted by Gasteiger charge is 2.33. The molecule has 2 heterocycles. The van der Waals surface area contributed by atoms with Crippen LogP contribution in [0.1, 0.15) is 45.1 Å². The first-order chi connectivity index (χ1) is 17.4. The zero-order valence-corrected chi connectivity index (χ0v) is 24.0. The van der Waals surface area contributed by atoms with Crippen molar-refractivity contribution >= 4 is 56.2 Å². The summed E-state index contributed by atoms with van der Waals surface area (Å²) in [6.07, 6.45) is 8.37. The Kier molecular flexibility index (Phi) is 9.04. The number of ether oxygens (including phenoxy) is 1. The number of hydrogen-bond donors (Lipinski definition) is 0. The van der Waals surface area contributed by atoms with E-state index in [2.05, 4.69) is 29.8 Å². The zero-order valence-electron chi connectivity index (χ0n) is 20.7. The first-order valence-electron chi connectivity index (χ1n) is 12.2. The van der Waals surface area contributed by atoms with Crippen LogP contribution in [0.25, 0.3) is 23.0 Å². The van der Waals surface area contributed by atoms with Crippen LogP contribution in [0.4, 0.5) is 0 Å². The molecule has 1 atom stereocenters. The summed E-state index contributed by atoms with van der Waals surface area (Å²) in [4.78, 5) is 15.8. The number of nitrogens with zero attached hydrogens (tertiary/aromatic N) is 3. The summed E-state index contributed by atoms with van der Waals surface area (Å²) < 4.78 is 8.71. The number of hydrogen-bond acceptors (Lipinski definition) is 5. The van der Waals surface area contributed by atoms with Crippen LogP contribution in [-0.2, 0) is 4.79 Å². The van der Waals surface area contributed by atoms with Gasteiger partial charge in [-0.25, -0.2) is 4.68 Å². The van der Waals surface area contributed by atoms with Crippen molar-refractivity contribution in [2.24, 2.45) is 5.92 Å². The fourth-order valence-corrected chi connectivity index (χ4v) is 6.02. The van der Waals surface area contributed by atoms with Crippen LogP contribution in [0.3, 0.4) is 0 Å². The fraction of sp³-hybridized carbons (Fsp3) is 0.321. The Labute approximate surface area is 231 Å². The third kappa shape index (κ3) is 5.93. The fourth-order valence-electron chi connectivity index (χ4n) is 4.22. The average molecular weight is 585 g/mol. The quantitative estimate of drug-likeness (QED) is 0.180. The lowest BCUT2D eigenvalue weighted by Gasteiger charge is -2.21. The maximum Gasteiger partial charge on any atom is 0.266 e. The number of rotatable bonds is 10. The van der Waals surface area contributed by atoms with E-state index in [-0.39, 0.29) is 5.91 Å². The number of para-hydroxylation sites is 1. The van der Waals surface area contributed by atoms with Crippen LogP contribution >= 0.6 is 39.9 Å². The van der Waals surface area contributed by atoms with Gasteiger partial charge in [-0.15, -0.1) is 0 Å². The molecule has 36 heavy (non-hydrogen) atoms. The van der Waals surface area contributed by atoms with Gasteiger partial charge in [0, 0.05) is 23.9 Å². The van der Waals surface area contributed by atoms with Gasteiger partial charge in [0.1, 0.15) is 15.8 Å². The van der Waals surface area contributed by atoms with Crippen molar-refractivity contribution in [1.29, 1.82) is 0 Å². The highest BCUT2D eigenvalue weighted by atomic mass is 79.9. The maximum absolute atomic E-state index is 13.4. The van der Waals surface area contributed by atoms with E-state index in [1.54, 1.807) is 12.0 Å². The molecule has 1 fully saturated rings. The zero-order chi connectivity index (χ0) is 25.7. The summed E-state index contributed by atoms with van der Waals surface area (Å²) in [6, 6.07) is 15.8. The summed E-state index contributed by atoms with van der Waals surface area (Å²) in [6.45, 7) is 5.06. The van der Waals surface area contributed by atoms with Crippen molar-refractivity contribution in [2.45, 2.75) is 39.5 Å². The van der Waals surface area contributed by atoms with Gasteiger partial charge in [0.2, 0.25) is 0 Å². The normalized spacial score (nSPS) is 15.7. The minimum Gasteiger partial charge on any atom is -0.496 e. The molecule has 188 valence electrons. The van der Waals surface area contributed by atoms with Crippen molar-refractivity contribution < 1.29 is 9.53 Å². The number of carbonyl (C=O) groups excluding carboxylic acids is 1. The molecule has 0 N–H and O–H groups in total. The van der Waals surface area contributed by atoms with Gasteiger partial charge >= 0.3 is 0 Å². The summed E-state index contributed by atoms with van der Waals surface area (Å²) in [7, 11) is 1.64. The molecule has 0 spiro atoms. The number of thiocarbonyl (C=S) groups is 1. The SMILES string of the molecule is CCCC[C@@H](CC)CN1C(=O)/C(=C/c2cn(-c3ccccc3)nc2-c2ccc(OC)c(Br)c2)SC1=S. The molecular formula is C28H30BrN3O2S2. The minimum absolute atomic E-state index is 0.0192. The summed E-state index contributed by atoms with van der Waals surface area (Å²) in [5.74, 6) is 1.19. The topological polar surface area (TPSA) is 47.4 Å². The average Bonchev–Trinajstić information content (AvgIpc) is 3.43. The molecule has 2 aromatic carbocycles. The van der Waals surface area contributed by atoms with Gasteiger partial charge in [0.05, 0.1) is 22.2 Å². The number of methoxy groups -OCH3 is 1. The van der Waals surface area contributed by atoms with Gasteiger partial charge in [0.15, 0.2) is 0 Å². The van der Waals surface area contributed by atoms with Gasteiger partial charge in [0.25, 0.3) is 5.91 Å². The van der Waals surface area contributed by atoms with Gasteiger partial charge in [-0.05, 0) is 64.7 Å². The number of amides is 1. The third-order valence-electron chi connectivity index (χ3n) is 6.33. The van der Waals surface area contributed by atoms with E-state index >= 15 is 0 Å². The molecule has 1 saturated heterocycles. The van der Waals surface area contributed by atoms with Crippen LogP contribution in [0.5, 0.6) is 5.75 Å². The Bertz CT molecular complexity index is 1270. The van der Waals surface area contributed by atoms with Crippen molar-refractivity contribution in [1.82, 2.24) is 14.7 Å². The van der Waals surface area contributed by atoms with E-state index in [4.69, 9.17) is 22.1 Å². The van der Waals surface area contributed by atoms with Crippen LogP contribution < -0.4 is 4.74 Å². The first-order valence-corrected chi connectivity index (χ1v) is 14.2. The van der Waals surface area contributed by atoms with E-state index in [0.717, 1.165) is 52.0 Å². The molecule has 5 nitrogen and oxygen atoms in total. The molecule has 0 aliphatic carbocycles. The number of halogens is 1. The molecule has 0 saturated carbocycles. The first kappa shape index (κ1) is 26.6. The molecule has 0 bridgehead atoms. The van der Waals surface area contributed by atoms with Gasteiger partial charge in [-0.3, -0.25) is 9.69 Å². The lowest BCUT2D eigenvalue weighted by atomic mass is 9.99. The Balaban J connectivity index is 1.70. The summed E-state index contributed by atoms with van der Waals surface area (Å²) in [5.41, 5.74) is 3.50. The third-order valence-corrected chi connectivity index (χ3v) is 8.33. The second-order valence-corrected chi connectivity index (χ2v) is 11.3. The Morgan fingerprint density at radius 3 is 2.64 bits per heavy atom. The predicted octanol–water partition coefficient (Wildman–Crippen LogP) is 7.73. The molecule has 1 aliphatic rings. The molecule has 1 amide bonds. The Morgan fingerprint density at radius 2 is 1.97 bits per heavy atom. The highest BCUT2D eigenvalue weighted by molar-refractivity contribution is 9.10. The van der Waals surface area contributed by atoms with Gasteiger partial charge < -0.3 is 4.74 Å². The van der Waals surface area contributed by atoms with Crippen molar-refractivity contribution in [3.8, 4) is 22.7 Å². The number of benzene rings is 2. The number of aromatic nitrogens is 2. The Hall–Kier alpha value is -2.42. The number of carbonyl (C=O) groups is 1. The Morgan fingerprint density at radius 1 is 1.19 bits per heavy atom. The van der Waals surface area contributed by atoms with Gasteiger partial charge in [-0.1, -0.05) is 75.3 Å². The monoisotopic (exact) mass is 583 g/mol. The smallest absolute Gasteiger partial charge is 0.266 e. The van der Waals surface area contributed by atoms with Gasteiger partial charge in [-0.2, -0.15) is 5.10 Å².